The van der Waals surface area contributed by atoms with Crippen molar-refractivity contribution in [2.24, 2.45) is 0 Å². The second-order valence-electron chi connectivity index (χ2n) is 5.77. The summed E-state index contributed by atoms with van der Waals surface area (Å²) in [6.07, 6.45) is 2.65. The number of thioether (sulfide) groups is 1. The Bertz CT molecular complexity index is 777. The van der Waals surface area contributed by atoms with Crippen LogP contribution in [0.5, 0.6) is 0 Å². The number of thiophene rings is 1. The first-order chi connectivity index (χ1) is 11.8. The first kappa shape index (κ1) is 19.6. The van der Waals surface area contributed by atoms with E-state index in [0.717, 1.165) is 31.9 Å². The number of carbonyl (C=O) groups is 2. The monoisotopic (exact) mass is 378 g/mol. The van der Waals surface area contributed by atoms with Crippen LogP contribution in [-0.4, -0.2) is 34.6 Å². The fourth-order valence-electron chi connectivity index (χ4n) is 2.59. The van der Waals surface area contributed by atoms with Crippen LogP contribution in [0, 0.1) is 27.7 Å². The second-order valence-corrected chi connectivity index (χ2v) is 8.00. The first-order valence-electron chi connectivity index (χ1n) is 7.95. The molecule has 0 bridgehead atoms. The number of ether oxygens (including phenoxy) is 1. The maximum Gasteiger partial charge on any atom is 0.306 e. The van der Waals surface area contributed by atoms with Gasteiger partial charge in [0.2, 0.25) is 5.78 Å². The summed E-state index contributed by atoms with van der Waals surface area (Å²) < 4.78 is 5.14. The number of Topliss-reactive ketones (excluding diaryl/α,β-unsaturated/α-hetero) is 1. The summed E-state index contributed by atoms with van der Waals surface area (Å²) in [5.74, 6) is -0.541. The molecule has 2 rings (SSSR count). The molecule has 5 nitrogen and oxygen atoms in total. The molecule has 0 saturated carbocycles. The van der Waals surface area contributed by atoms with Crippen molar-refractivity contribution in [2.75, 3.05) is 12.9 Å². The van der Waals surface area contributed by atoms with E-state index >= 15 is 0 Å². The third-order valence-electron chi connectivity index (χ3n) is 3.87. The molecule has 0 spiro atoms. The molecule has 0 atom stereocenters. The summed E-state index contributed by atoms with van der Waals surface area (Å²) in [6, 6.07) is 1.84. The predicted molar refractivity (Wildman–Crippen MR) is 101 cm³/mol. The van der Waals surface area contributed by atoms with Crippen molar-refractivity contribution in [1.29, 1.82) is 0 Å². The third kappa shape index (κ3) is 5.12. The average Bonchev–Trinajstić information content (AvgIpc) is 2.90. The number of nitrogens with zero attached hydrogens (tertiary/aromatic N) is 2. The molecule has 0 N–H and O–H groups in total. The van der Waals surface area contributed by atoms with Crippen molar-refractivity contribution >= 4 is 34.9 Å². The van der Waals surface area contributed by atoms with Crippen LogP contribution in [0.4, 0.5) is 0 Å². The van der Waals surface area contributed by atoms with E-state index in [1.54, 1.807) is 11.3 Å². The highest BCUT2D eigenvalue weighted by molar-refractivity contribution is 7.98. The van der Waals surface area contributed by atoms with E-state index in [1.165, 1.54) is 11.8 Å². The number of esters is 1. The largest absolute Gasteiger partial charge is 0.457 e. The van der Waals surface area contributed by atoms with E-state index < -0.39 is 0 Å². The van der Waals surface area contributed by atoms with Crippen molar-refractivity contribution in [2.45, 2.75) is 45.7 Å². The van der Waals surface area contributed by atoms with Gasteiger partial charge in [-0.2, -0.15) is 0 Å². The molecule has 2 heterocycles. The molecule has 0 amide bonds. The maximum atomic E-state index is 12.1. The number of ketones is 1. The van der Waals surface area contributed by atoms with Crippen LogP contribution in [0.3, 0.4) is 0 Å². The van der Waals surface area contributed by atoms with E-state index in [9.17, 15) is 9.59 Å². The Balaban J connectivity index is 1.89. The Morgan fingerprint density at radius 2 is 1.80 bits per heavy atom. The molecule has 25 heavy (non-hydrogen) atoms. The van der Waals surface area contributed by atoms with Crippen molar-refractivity contribution in [3.8, 4) is 0 Å². The molecular weight excluding hydrogens is 356 g/mol. The van der Waals surface area contributed by atoms with Crippen LogP contribution in [0.15, 0.2) is 11.2 Å². The standard InChI is InChI=1S/C18H22N2O3S2/c1-10-8-15(13(4)25-10)16(21)9-23-17(22)7-6-14-11(2)19-18(24-5)20-12(14)3/h8H,6-7,9H2,1-5H3. The molecule has 0 fully saturated rings. The van der Waals surface area contributed by atoms with E-state index in [2.05, 4.69) is 9.97 Å². The van der Waals surface area contributed by atoms with Gasteiger partial charge in [0.15, 0.2) is 11.8 Å². The Kier molecular flexibility index (Phi) is 6.72. The quantitative estimate of drug-likeness (QED) is 0.315. The summed E-state index contributed by atoms with van der Waals surface area (Å²) in [7, 11) is 0. The topological polar surface area (TPSA) is 69.2 Å². The zero-order valence-electron chi connectivity index (χ0n) is 15.1. The molecule has 134 valence electrons. The van der Waals surface area contributed by atoms with Gasteiger partial charge in [-0.25, -0.2) is 9.97 Å². The van der Waals surface area contributed by atoms with Crippen LogP contribution in [0.25, 0.3) is 0 Å². The zero-order chi connectivity index (χ0) is 18.6. The molecule has 0 aliphatic heterocycles. The molecule has 2 aromatic heterocycles. The predicted octanol–water partition coefficient (Wildman–Crippen LogP) is 3.85. The SMILES string of the molecule is CSc1nc(C)c(CCC(=O)OCC(=O)c2cc(C)sc2C)c(C)n1. The van der Waals surface area contributed by atoms with Gasteiger partial charge >= 0.3 is 5.97 Å². The minimum Gasteiger partial charge on any atom is -0.457 e. The van der Waals surface area contributed by atoms with Crippen LogP contribution in [0.1, 0.15) is 43.5 Å². The Hall–Kier alpha value is -1.73. The van der Waals surface area contributed by atoms with Crippen LogP contribution in [-0.2, 0) is 16.0 Å². The van der Waals surface area contributed by atoms with Gasteiger partial charge in [0.05, 0.1) is 0 Å². The Morgan fingerprint density at radius 3 is 2.32 bits per heavy atom. The Morgan fingerprint density at radius 1 is 1.16 bits per heavy atom. The molecule has 0 aliphatic rings. The van der Waals surface area contributed by atoms with Crippen molar-refractivity contribution in [1.82, 2.24) is 9.97 Å². The molecule has 0 aliphatic carbocycles. The summed E-state index contributed by atoms with van der Waals surface area (Å²) in [4.78, 5) is 35.0. The third-order valence-corrected chi connectivity index (χ3v) is 5.38. The first-order valence-corrected chi connectivity index (χ1v) is 10.00. The van der Waals surface area contributed by atoms with Gasteiger partial charge in [-0.05, 0) is 52.0 Å². The normalized spacial score (nSPS) is 10.8. The lowest BCUT2D eigenvalue weighted by Crippen LogP contribution is -2.15. The minimum atomic E-state index is -0.384. The number of aryl methyl sites for hydroxylation is 4. The molecule has 0 radical (unpaired) electrons. The average molecular weight is 379 g/mol. The minimum absolute atomic E-state index is 0.157. The summed E-state index contributed by atoms with van der Waals surface area (Å²) in [6.45, 7) is 7.47. The molecule has 0 unspecified atom stereocenters. The Labute approximate surface area is 156 Å². The highest BCUT2D eigenvalue weighted by Gasteiger charge is 2.15. The highest BCUT2D eigenvalue weighted by Crippen LogP contribution is 2.21. The molecular formula is C18H22N2O3S2. The maximum absolute atomic E-state index is 12.1. The number of carbonyl (C=O) groups excluding carboxylic acids is 2. The smallest absolute Gasteiger partial charge is 0.306 e. The van der Waals surface area contributed by atoms with Gasteiger partial charge in [-0.1, -0.05) is 11.8 Å². The lowest BCUT2D eigenvalue weighted by Gasteiger charge is -2.10. The van der Waals surface area contributed by atoms with Crippen molar-refractivity contribution < 1.29 is 14.3 Å². The summed E-state index contributed by atoms with van der Waals surface area (Å²) >= 11 is 3.06. The molecule has 2 aromatic rings. The van der Waals surface area contributed by atoms with Gasteiger partial charge in [0.1, 0.15) is 0 Å². The van der Waals surface area contributed by atoms with Crippen LogP contribution in [0.2, 0.25) is 0 Å². The highest BCUT2D eigenvalue weighted by atomic mass is 32.2. The molecule has 0 saturated heterocycles. The van der Waals surface area contributed by atoms with E-state index in [4.69, 9.17) is 4.74 Å². The van der Waals surface area contributed by atoms with Crippen molar-refractivity contribution in [3.63, 3.8) is 0 Å². The molecule has 0 aromatic carbocycles. The van der Waals surface area contributed by atoms with Crippen molar-refractivity contribution in [3.05, 3.63) is 38.3 Å². The van der Waals surface area contributed by atoms with Crippen LogP contribution < -0.4 is 0 Å². The summed E-state index contributed by atoms with van der Waals surface area (Å²) in [5.41, 5.74) is 3.36. The number of aromatic nitrogens is 2. The number of hydrogen-bond donors (Lipinski definition) is 0. The zero-order valence-corrected chi connectivity index (χ0v) is 16.8. The van der Waals surface area contributed by atoms with E-state index in [-0.39, 0.29) is 24.8 Å². The van der Waals surface area contributed by atoms with E-state index in [0.29, 0.717) is 12.0 Å². The lowest BCUT2D eigenvalue weighted by atomic mass is 10.1. The van der Waals surface area contributed by atoms with Crippen LogP contribution >= 0.6 is 23.1 Å². The van der Waals surface area contributed by atoms with Gasteiger partial charge < -0.3 is 4.74 Å². The fraction of sp³-hybridized carbons (Fsp3) is 0.444. The van der Waals surface area contributed by atoms with E-state index in [1.807, 2.05) is 40.0 Å². The number of rotatable bonds is 7. The van der Waals surface area contributed by atoms with Gasteiger partial charge in [0.25, 0.3) is 0 Å². The van der Waals surface area contributed by atoms with Gasteiger partial charge in [-0.3, -0.25) is 9.59 Å². The van der Waals surface area contributed by atoms with Gasteiger partial charge in [-0.15, -0.1) is 11.3 Å². The van der Waals surface area contributed by atoms with Gasteiger partial charge in [0, 0.05) is 33.1 Å². The molecule has 7 heteroatoms. The number of hydrogen-bond acceptors (Lipinski definition) is 7. The second kappa shape index (κ2) is 8.58. The fourth-order valence-corrected chi connectivity index (χ4v) is 3.99. The summed E-state index contributed by atoms with van der Waals surface area (Å²) in [5, 5.41) is 0.730. The lowest BCUT2D eigenvalue weighted by molar-refractivity contribution is -0.142.